The third kappa shape index (κ3) is 3.69. The zero-order chi connectivity index (χ0) is 15.2. The molecule has 2 aromatic carbocycles. The molecular formula is C14H13N3O4. The molecule has 0 aliphatic carbocycles. The number of hydrogen-bond acceptors (Lipinski definition) is 5. The van der Waals surface area contributed by atoms with Crippen molar-refractivity contribution < 1.29 is 14.5 Å². The Morgan fingerprint density at radius 2 is 1.71 bits per heavy atom. The third-order valence-corrected chi connectivity index (χ3v) is 2.70. The molecule has 0 heterocycles. The smallest absolute Gasteiger partial charge is 0.411 e. The summed E-state index contributed by atoms with van der Waals surface area (Å²) in [5.74, 6) is 0. The van der Waals surface area contributed by atoms with Crippen LogP contribution in [0.5, 0.6) is 0 Å². The second-order valence-electron chi connectivity index (χ2n) is 4.09. The lowest BCUT2D eigenvalue weighted by atomic mass is 10.2. The quantitative estimate of drug-likeness (QED) is 0.663. The normalized spacial score (nSPS) is 9.76. The van der Waals surface area contributed by atoms with E-state index in [4.69, 9.17) is 0 Å². The first-order valence-corrected chi connectivity index (χ1v) is 6.05. The molecule has 108 valence electrons. The van der Waals surface area contributed by atoms with Crippen molar-refractivity contribution in [3.05, 3.63) is 58.6 Å². The molecule has 0 radical (unpaired) electrons. The monoisotopic (exact) mass is 287 g/mol. The van der Waals surface area contributed by atoms with Crippen molar-refractivity contribution in [2.75, 3.05) is 17.7 Å². The molecule has 0 bridgehead atoms. The number of nitro benzene ring substituents is 1. The van der Waals surface area contributed by atoms with Crippen molar-refractivity contribution in [1.29, 1.82) is 0 Å². The van der Waals surface area contributed by atoms with Gasteiger partial charge in [-0.2, -0.15) is 0 Å². The van der Waals surface area contributed by atoms with E-state index in [0.717, 1.165) is 0 Å². The largest absolute Gasteiger partial charge is 0.453 e. The molecule has 0 spiro atoms. The predicted molar refractivity (Wildman–Crippen MR) is 78.8 cm³/mol. The molecule has 7 nitrogen and oxygen atoms in total. The first-order valence-electron chi connectivity index (χ1n) is 6.05. The minimum Gasteiger partial charge on any atom is -0.453 e. The summed E-state index contributed by atoms with van der Waals surface area (Å²) in [6.07, 6.45) is -0.561. The Hall–Kier alpha value is -3.09. The number of carbonyl (C=O) groups is 1. The first kappa shape index (κ1) is 14.3. The van der Waals surface area contributed by atoms with Crippen LogP contribution in [0, 0.1) is 10.1 Å². The van der Waals surface area contributed by atoms with E-state index in [0.29, 0.717) is 17.1 Å². The van der Waals surface area contributed by atoms with Crippen LogP contribution in [0.2, 0.25) is 0 Å². The zero-order valence-corrected chi connectivity index (χ0v) is 11.2. The van der Waals surface area contributed by atoms with Crippen molar-refractivity contribution >= 4 is 28.8 Å². The van der Waals surface area contributed by atoms with E-state index in [2.05, 4.69) is 15.4 Å². The lowest BCUT2D eigenvalue weighted by Gasteiger charge is -2.08. The summed E-state index contributed by atoms with van der Waals surface area (Å²) in [6, 6.07) is 13.1. The first-order chi connectivity index (χ1) is 10.1. The van der Waals surface area contributed by atoms with Gasteiger partial charge in [0.15, 0.2) is 0 Å². The number of benzene rings is 2. The van der Waals surface area contributed by atoms with Gasteiger partial charge >= 0.3 is 6.09 Å². The van der Waals surface area contributed by atoms with E-state index in [1.807, 2.05) is 0 Å². The molecule has 1 amide bonds. The number of methoxy groups -OCH3 is 1. The molecule has 0 saturated carbocycles. The summed E-state index contributed by atoms with van der Waals surface area (Å²) in [6.45, 7) is 0. The van der Waals surface area contributed by atoms with Gasteiger partial charge in [0.25, 0.3) is 5.69 Å². The topological polar surface area (TPSA) is 93.5 Å². The van der Waals surface area contributed by atoms with E-state index in [1.54, 1.807) is 42.5 Å². The van der Waals surface area contributed by atoms with Gasteiger partial charge in [-0.25, -0.2) is 4.79 Å². The zero-order valence-electron chi connectivity index (χ0n) is 11.2. The Morgan fingerprint density at radius 3 is 2.33 bits per heavy atom. The summed E-state index contributed by atoms with van der Waals surface area (Å²) in [5.41, 5.74) is 1.63. The Balaban J connectivity index is 2.14. The Bertz CT molecular complexity index is 656. The molecule has 0 aliphatic heterocycles. The van der Waals surface area contributed by atoms with Crippen molar-refractivity contribution in [2.24, 2.45) is 0 Å². The molecule has 0 atom stereocenters. The highest BCUT2D eigenvalue weighted by atomic mass is 16.6. The number of nitrogens with one attached hydrogen (secondary N) is 2. The molecule has 2 N–H and O–H groups in total. The van der Waals surface area contributed by atoms with Gasteiger partial charge in [0.05, 0.1) is 12.0 Å². The Morgan fingerprint density at radius 1 is 1.10 bits per heavy atom. The minimum atomic E-state index is -0.561. The van der Waals surface area contributed by atoms with Crippen molar-refractivity contribution in [2.45, 2.75) is 0 Å². The van der Waals surface area contributed by atoms with E-state index >= 15 is 0 Å². The number of rotatable bonds is 4. The van der Waals surface area contributed by atoms with Gasteiger partial charge in [-0.3, -0.25) is 15.4 Å². The number of carbonyl (C=O) groups excluding carboxylic acids is 1. The molecule has 2 rings (SSSR count). The number of anilines is 3. The summed E-state index contributed by atoms with van der Waals surface area (Å²) in [5, 5.41) is 16.4. The highest BCUT2D eigenvalue weighted by Gasteiger charge is 2.12. The van der Waals surface area contributed by atoms with Crippen LogP contribution in [0.3, 0.4) is 0 Å². The van der Waals surface area contributed by atoms with Crippen LogP contribution in [0.1, 0.15) is 0 Å². The maximum atomic E-state index is 11.1. The highest BCUT2D eigenvalue weighted by molar-refractivity contribution is 5.85. The van der Waals surface area contributed by atoms with Crippen LogP contribution in [0.15, 0.2) is 48.5 Å². The maximum absolute atomic E-state index is 11.1. The molecule has 0 aliphatic rings. The summed E-state index contributed by atoms with van der Waals surface area (Å²) in [4.78, 5) is 21.5. The standard InChI is InChI=1S/C14H13N3O4/c1-21-14(18)16-11-8-6-10(7-9-11)15-12-4-2-3-5-13(12)17(19)20/h2-9,15H,1H3,(H,16,18). The van der Waals surface area contributed by atoms with E-state index < -0.39 is 11.0 Å². The SMILES string of the molecule is COC(=O)Nc1ccc(Nc2ccccc2[N+](=O)[O-])cc1. The molecule has 21 heavy (non-hydrogen) atoms. The molecule has 2 aromatic rings. The fourth-order valence-corrected chi connectivity index (χ4v) is 1.70. The van der Waals surface area contributed by atoms with Crippen LogP contribution >= 0.6 is 0 Å². The number of para-hydroxylation sites is 2. The fraction of sp³-hybridized carbons (Fsp3) is 0.0714. The van der Waals surface area contributed by atoms with Gasteiger partial charge < -0.3 is 10.1 Å². The third-order valence-electron chi connectivity index (χ3n) is 2.70. The van der Waals surface area contributed by atoms with Gasteiger partial charge in [0.1, 0.15) is 5.69 Å². The number of amides is 1. The minimum absolute atomic E-state index is 0.00531. The second-order valence-corrected chi connectivity index (χ2v) is 4.09. The molecule has 0 saturated heterocycles. The molecule has 0 fully saturated rings. The van der Waals surface area contributed by atoms with Crippen molar-refractivity contribution in [1.82, 2.24) is 0 Å². The second kappa shape index (κ2) is 6.38. The fourth-order valence-electron chi connectivity index (χ4n) is 1.70. The van der Waals surface area contributed by atoms with Crippen molar-refractivity contribution in [3.8, 4) is 0 Å². The summed E-state index contributed by atoms with van der Waals surface area (Å²) < 4.78 is 4.48. The maximum Gasteiger partial charge on any atom is 0.411 e. The number of ether oxygens (including phenoxy) is 1. The number of nitrogens with zero attached hydrogens (tertiary/aromatic N) is 1. The lowest BCUT2D eigenvalue weighted by molar-refractivity contribution is -0.383. The van der Waals surface area contributed by atoms with Crippen molar-refractivity contribution in [3.63, 3.8) is 0 Å². The molecular weight excluding hydrogens is 274 g/mol. The van der Waals surface area contributed by atoms with Crippen LogP contribution in [0.4, 0.5) is 27.5 Å². The van der Waals surface area contributed by atoms with Gasteiger partial charge in [-0.05, 0) is 30.3 Å². The average Bonchev–Trinajstić information content (AvgIpc) is 2.49. The highest BCUT2D eigenvalue weighted by Crippen LogP contribution is 2.27. The van der Waals surface area contributed by atoms with Crippen LogP contribution in [-0.2, 0) is 4.74 Å². The molecule has 0 aromatic heterocycles. The average molecular weight is 287 g/mol. The predicted octanol–water partition coefficient (Wildman–Crippen LogP) is 3.52. The van der Waals surface area contributed by atoms with Crippen LogP contribution < -0.4 is 10.6 Å². The van der Waals surface area contributed by atoms with Gasteiger partial charge in [-0.15, -0.1) is 0 Å². The van der Waals surface area contributed by atoms with E-state index in [9.17, 15) is 14.9 Å². The Labute approximate surface area is 120 Å². The number of hydrogen-bond donors (Lipinski definition) is 2. The van der Waals surface area contributed by atoms with Gasteiger partial charge in [0.2, 0.25) is 0 Å². The number of nitro groups is 1. The molecule has 0 unspecified atom stereocenters. The van der Waals surface area contributed by atoms with Gasteiger partial charge in [0, 0.05) is 17.4 Å². The van der Waals surface area contributed by atoms with Crippen LogP contribution in [-0.4, -0.2) is 18.1 Å². The van der Waals surface area contributed by atoms with Gasteiger partial charge in [-0.1, -0.05) is 12.1 Å². The van der Waals surface area contributed by atoms with E-state index in [-0.39, 0.29) is 5.69 Å². The van der Waals surface area contributed by atoms with E-state index in [1.165, 1.54) is 13.2 Å². The Kier molecular flexibility index (Phi) is 4.35. The molecule has 7 heteroatoms. The summed E-state index contributed by atoms with van der Waals surface area (Å²) >= 11 is 0. The summed E-state index contributed by atoms with van der Waals surface area (Å²) in [7, 11) is 1.28. The lowest BCUT2D eigenvalue weighted by Crippen LogP contribution is -2.10. The van der Waals surface area contributed by atoms with Crippen LogP contribution in [0.25, 0.3) is 0 Å².